The smallest absolute Gasteiger partial charge is 0.292 e. The molecular formula is C20H25FN4O5S2. The Morgan fingerprint density at radius 3 is 2.47 bits per heavy atom. The molecule has 1 unspecified atom stereocenters. The molecule has 0 saturated carbocycles. The van der Waals surface area contributed by atoms with Crippen molar-refractivity contribution in [2.45, 2.75) is 24.3 Å². The van der Waals surface area contributed by atoms with E-state index < -0.39 is 32.7 Å². The van der Waals surface area contributed by atoms with Crippen LogP contribution in [0.4, 0.5) is 4.39 Å². The van der Waals surface area contributed by atoms with Gasteiger partial charge in [-0.2, -0.15) is 16.5 Å². The van der Waals surface area contributed by atoms with Gasteiger partial charge in [-0.25, -0.2) is 12.8 Å². The number of hydrogen-bond donors (Lipinski definition) is 1. The van der Waals surface area contributed by atoms with Crippen LogP contribution in [0, 0.1) is 12.7 Å². The van der Waals surface area contributed by atoms with Crippen LogP contribution in [0.1, 0.15) is 22.7 Å². The van der Waals surface area contributed by atoms with E-state index in [0.717, 1.165) is 12.1 Å². The number of carbonyl (C=O) groups is 2. The highest BCUT2D eigenvalue weighted by atomic mass is 32.2. The highest BCUT2D eigenvalue weighted by molar-refractivity contribution is 7.98. The molecule has 1 fully saturated rings. The molecule has 2 amide bonds. The number of carbonyl (C=O) groups excluding carboxylic acids is 2. The van der Waals surface area contributed by atoms with Gasteiger partial charge in [-0.15, -0.1) is 0 Å². The maximum Gasteiger partial charge on any atom is 0.292 e. The fourth-order valence-corrected chi connectivity index (χ4v) is 5.13. The zero-order chi connectivity index (χ0) is 23.3. The van der Waals surface area contributed by atoms with Crippen molar-refractivity contribution in [2.24, 2.45) is 0 Å². The zero-order valence-electron chi connectivity index (χ0n) is 17.8. The maximum absolute atomic E-state index is 14.0. The first-order valence-electron chi connectivity index (χ1n) is 10.00. The molecule has 0 aliphatic carbocycles. The molecule has 1 aromatic carbocycles. The monoisotopic (exact) mass is 484 g/mol. The van der Waals surface area contributed by atoms with Gasteiger partial charge < -0.3 is 14.3 Å². The molecule has 1 N–H and O–H groups in total. The van der Waals surface area contributed by atoms with Crippen molar-refractivity contribution in [1.82, 2.24) is 19.7 Å². The average Bonchev–Trinajstić information content (AvgIpc) is 3.22. The third-order valence-corrected chi connectivity index (χ3v) is 7.20. The topological polar surface area (TPSA) is 113 Å². The number of aromatic nitrogens is 1. The first-order valence-corrected chi connectivity index (χ1v) is 12.9. The van der Waals surface area contributed by atoms with E-state index in [1.165, 1.54) is 28.8 Å². The van der Waals surface area contributed by atoms with Crippen LogP contribution in [0.25, 0.3) is 0 Å². The van der Waals surface area contributed by atoms with E-state index in [-0.39, 0.29) is 44.3 Å². The second-order valence-electron chi connectivity index (χ2n) is 7.34. The van der Waals surface area contributed by atoms with Crippen molar-refractivity contribution in [3.8, 4) is 0 Å². The molecule has 1 atom stereocenters. The van der Waals surface area contributed by atoms with Gasteiger partial charge >= 0.3 is 0 Å². The van der Waals surface area contributed by atoms with E-state index in [0.29, 0.717) is 11.4 Å². The molecule has 12 heteroatoms. The number of rotatable bonds is 8. The number of sulfonamides is 1. The Kier molecular flexibility index (Phi) is 7.91. The van der Waals surface area contributed by atoms with E-state index in [1.807, 2.05) is 6.26 Å². The lowest BCUT2D eigenvalue weighted by Crippen LogP contribution is -2.56. The molecule has 3 rings (SSSR count). The van der Waals surface area contributed by atoms with Crippen LogP contribution in [0.15, 0.2) is 39.8 Å². The Balaban J connectivity index is 1.67. The molecule has 1 aromatic heterocycles. The fraction of sp³-hybridized carbons (Fsp3) is 0.450. The summed E-state index contributed by atoms with van der Waals surface area (Å²) in [6.07, 6.45) is 2.10. The van der Waals surface area contributed by atoms with Crippen molar-refractivity contribution in [3.05, 3.63) is 47.6 Å². The van der Waals surface area contributed by atoms with E-state index in [4.69, 9.17) is 4.52 Å². The predicted octanol–water partition coefficient (Wildman–Crippen LogP) is 1.51. The highest BCUT2D eigenvalue weighted by Gasteiger charge is 2.33. The van der Waals surface area contributed by atoms with Crippen molar-refractivity contribution >= 4 is 33.6 Å². The number of nitrogens with one attached hydrogen (secondary N) is 1. The summed E-state index contributed by atoms with van der Waals surface area (Å²) in [7, 11) is -4.23. The van der Waals surface area contributed by atoms with Crippen LogP contribution in [0.5, 0.6) is 0 Å². The Morgan fingerprint density at radius 2 is 1.88 bits per heavy atom. The number of benzene rings is 1. The molecule has 9 nitrogen and oxygen atoms in total. The fourth-order valence-electron chi connectivity index (χ4n) is 3.35. The summed E-state index contributed by atoms with van der Waals surface area (Å²) >= 11 is 1.47. The van der Waals surface area contributed by atoms with Crippen LogP contribution in [-0.2, 0) is 14.8 Å². The van der Waals surface area contributed by atoms with Gasteiger partial charge in [0.1, 0.15) is 16.8 Å². The number of amides is 2. The van der Waals surface area contributed by atoms with Gasteiger partial charge in [-0.05, 0) is 37.5 Å². The third-order valence-electron chi connectivity index (χ3n) is 5.05. The minimum absolute atomic E-state index is 0.137. The van der Waals surface area contributed by atoms with E-state index in [1.54, 1.807) is 17.9 Å². The summed E-state index contributed by atoms with van der Waals surface area (Å²) in [5, 5.41) is 3.71. The van der Waals surface area contributed by atoms with Crippen LogP contribution in [0.3, 0.4) is 0 Å². The Hall–Kier alpha value is -2.44. The lowest BCUT2D eigenvalue weighted by atomic mass is 10.2. The number of halogens is 1. The standard InChI is InChI=1S/C20H25FN4O5S2/c1-14-13-17(30-22-14)20(27)25-10-8-24(9-11-25)19(26)16(7-12-31-2)23-32(28,29)18-6-4-3-5-15(18)21/h3-6,13,16,23H,7-12H2,1-2H3. The van der Waals surface area contributed by atoms with Gasteiger partial charge in [-0.1, -0.05) is 17.3 Å². The molecule has 1 aliphatic rings. The summed E-state index contributed by atoms with van der Waals surface area (Å²) in [6.45, 7) is 2.76. The van der Waals surface area contributed by atoms with Crippen LogP contribution in [-0.4, -0.2) is 79.4 Å². The lowest BCUT2D eigenvalue weighted by Gasteiger charge is -2.36. The average molecular weight is 485 g/mol. The Bertz CT molecular complexity index is 1070. The minimum atomic E-state index is -4.23. The lowest BCUT2D eigenvalue weighted by molar-refractivity contribution is -0.134. The summed E-state index contributed by atoms with van der Waals surface area (Å²) in [5.41, 5.74) is 0.598. The number of hydrogen-bond acceptors (Lipinski definition) is 7. The van der Waals surface area contributed by atoms with E-state index in [9.17, 15) is 22.4 Å². The number of piperazine rings is 1. The van der Waals surface area contributed by atoms with Gasteiger partial charge in [-0.3, -0.25) is 9.59 Å². The molecule has 0 spiro atoms. The molecule has 2 heterocycles. The van der Waals surface area contributed by atoms with Gasteiger partial charge in [0, 0.05) is 32.2 Å². The second-order valence-corrected chi connectivity index (χ2v) is 10.0. The number of aryl methyl sites for hydroxylation is 1. The largest absolute Gasteiger partial charge is 0.351 e. The van der Waals surface area contributed by atoms with Crippen LogP contribution in [0.2, 0.25) is 0 Å². The molecule has 0 bridgehead atoms. The first-order chi connectivity index (χ1) is 15.2. The molecule has 174 valence electrons. The quantitative estimate of drug-likeness (QED) is 0.604. The Morgan fingerprint density at radius 1 is 1.22 bits per heavy atom. The third kappa shape index (κ3) is 5.67. The predicted molar refractivity (Wildman–Crippen MR) is 117 cm³/mol. The normalized spacial score (nSPS) is 15.6. The zero-order valence-corrected chi connectivity index (χ0v) is 19.4. The summed E-state index contributed by atoms with van der Waals surface area (Å²) in [4.78, 5) is 28.2. The van der Waals surface area contributed by atoms with E-state index in [2.05, 4.69) is 9.88 Å². The van der Waals surface area contributed by atoms with Crippen LogP contribution < -0.4 is 4.72 Å². The molecule has 1 aliphatic heterocycles. The van der Waals surface area contributed by atoms with E-state index >= 15 is 0 Å². The SMILES string of the molecule is CSCCC(NS(=O)(=O)c1ccccc1F)C(=O)N1CCN(C(=O)c2cc(C)no2)CC1. The second kappa shape index (κ2) is 10.5. The molecular weight excluding hydrogens is 459 g/mol. The number of thioether (sulfide) groups is 1. The van der Waals surface area contributed by atoms with Gasteiger partial charge in [0.15, 0.2) is 0 Å². The van der Waals surface area contributed by atoms with Crippen molar-refractivity contribution in [3.63, 3.8) is 0 Å². The maximum atomic E-state index is 14.0. The van der Waals surface area contributed by atoms with Gasteiger partial charge in [0.25, 0.3) is 5.91 Å². The highest BCUT2D eigenvalue weighted by Crippen LogP contribution is 2.17. The van der Waals surface area contributed by atoms with Crippen molar-refractivity contribution in [1.29, 1.82) is 0 Å². The van der Waals surface area contributed by atoms with Crippen LogP contribution >= 0.6 is 11.8 Å². The molecule has 0 radical (unpaired) electrons. The van der Waals surface area contributed by atoms with Crippen molar-refractivity contribution < 1.29 is 26.9 Å². The molecule has 1 saturated heterocycles. The summed E-state index contributed by atoms with van der Waals surface area (Å²) in [6, 6.07) is 5.54. The summed E-state index contributed by atoms with van der Waals surface area (Å²) < 4.78 is 46.8. The molecule has 2 aromatic rings. The first kappa shape index (κ1) is 24.2. The number of nitrogens with zero attached hydrogens (tertiary/aromatic N) is 3. The van der Waals surface area contributed by atoms with Crippen molar-refractivity contribution in [2.75, 3.05) is 38.2 Å². The summed E-state index contributed by atoms with van der Waals surface area (Å²) in [5.74, 6) is -0.915. The Labute approximate surface area is 190 Å². The van der Waals surface area contributed by atoms with Gasteiger partial charge in [0.2, 0.25) is 21.7 Å². The minimum Gasteiger partial charge on any atom is -0.351 e. The molecule has 32 heavy (non-hydrogen) atoms. The van der Waals surface area contributed by atoms with Gasteiger partial charge in [0.05, 0.1) is 5.69 Å².